The number of hydrogen-bond donors (Lipinski definition) is 1. The summed E-state index contributed by atoms with van der Waals surface area (Å²) in [5.41, 5.74) is 5.32. The van der Waals surface area contributed by atoms with Gasteiger partial charge in [-0.2, -0.15) is 0 Å². The maximum Gasteiger partial charge on any atom is 0.154 e. The smallest absolute Gasteiger partial charge is 0.154 e. The van der Waals surface area contributed by atoms with Gasteiger partial charge in [-0.1, -0.05) is 19.3 Å². The minimum absolute atomic E-state index is 0.0150. The Balaban J connectivity index is 1.89. The van der Waals surface area contributed by atoms with Crippen LogP contribution in [0.1, 0.15) is 44.9 Å². The largest absolute Gasteiger partial charge is 0.371 e. The average Bonchev–Trinajstić information content (AvgIpc) is 2.61. The van der Waals surface area contributed by atoms with Crippen molar-refractivity contribution in [3.63, 3.8) is 0 Å². The lowest BCUT2D eigenvalue weighted by Crippen LogP contribution is -2.34. The molecule has 0 amide bonds. The van der Waals surface area contributed by atoms with Crippen LogP contribution in [0.5, 0.6) is 0 Å². The molecule has 0 aromatic carbocycles. The molecule has 0 aromatic heterocycles. The van der Waals surface area contributed by atoms with Crippen molar-refractivity contribution in [2.45, 2.75) is 56.7 Å². The molecule has 1 unspecified atom stereocenters. The van der Waals surface area contributed by atoms with E-state index in [9.17, 15) is 8.42 Å². The van der Waals surface area contributed by atoms with Gasteiger partial charge in [-0.05, 0) is 25.7 Å². The maximum absolute atomic E-state index is 11.7. The molecule has 2 rings (SSSR count). The summed E-state index contributed by atoms with van der Waals surface area (Å²) in [6.07, 6.45) is 7.80. The van der Waals surface area contributed by atoms with Gasteiger partial charge in [0.25, 0.3) is 0 Å². The van der Waals surface area contributed by atoms with Gasteiger partial charge >= 0.3 is 0 Å². The van der Waals surface area contributed by atoms with E-state index in [4.69, 9.17) is 10.5 Å². The van der Waals surface area contributed by atoms with Crippen molar-refractivity contribution in [2.75, 3.05) is 18.1 Å². The van der Waals surface area contributed by atoms with Crippen LogP contribution in [0.25, 0.3) is 0 Å². The monoisotopic (exact) mass is 261 g/mol. The fourth-order valence-corrected chi connectivity index (χ4v) is 4.45. The van der Waals surface area contributed by atoms with Crippen molar-refractivity contribution in [1.82, 2.24) is 0 Å². The molecule has 1 saturated heterocycles. The number of ether oxygens (including phenoxy) is 1. The second-order valence-corrected chi connectivity index (χ2v) is 7.65. The van der Waals surface area contributed by atoms with Gasteiger partial charge in [0.15, 0.2) is 9.84 Å². The summed E-state index contributed by atoms with van der Waals surface area (Å²) < 4.78 is 29.4. The normalized spacial score (nSPS) is 28.6. The number of rotatable bonds is 4. The Hall–Kier alpha value is -0.130. The number of sulfone groups is 1. The van der Waals surface area contributed by atoms with Gasteiger partial charge < -0.3 is 10.5 Å². The Morgan fingerprint density at radius 1 is 1.18 bits per heavy atom. The van der Waals surface area contributed by atoms with Crippen molar-refractivity contribution in [3.8, 4) is 0 Å². The highest BCUT2D eigenvalue weighted by Gasteiger charge is 2.41. The number of nitrogens with two attached hydrogens (primary N) is 1. The summed E-state index contributed by atoms with van der Waals surface area (Å²) >= 11 is 0. The number of hydrogen-bond acceptors (Lipinski definition) is 4. The van der Waals surface area contributed by atoms with E-state index in [1.807, 2.05) is 0 Å². The van der Waals surface area contributed by atoms with E-state index in [1.165, 1.54) is 19.3 Å². The fraction of sp³-hybridized carbons (Fsp3) is 1.00. The van der Waals surface area contributed by atoms with Crippen LogP contribution in [0.3, 0.4) is 0 Å². The summed E-state index contributed by atoms with van der Waals surface area (Å²) in [7, 11) is -3.02. The van der Waals surface area contributed by atoms with E-state index >= 15 is 0 Å². The molecule has 17 heavy (non-hydrogen) atoms. The van der Waals surface area contributed by atoms with E-state index in [1.54, 1.807) is 0 Å². The third-order valence-electron chi connectivity index (χ3n) is 3.97. The summed E-state index contributed by atoms with van der Waals surface area (Å²) in [5.74, 6) is 0.242. The van der Waals surface area contributed by atoms with Crippen LogP contribution in [0.15, 0.2) is 0 Å². The predicted molar refractivity (Wildman–Crippen MR) is 67.6 cm³/mol. The molecule has 1 spiro atoms. The molecule has 2 fully saturated rings. The Morgan fingerprint density at radius 3 is 2.53 bits per heavy atom. The fourth-order valence-electron chi connectivity index (χ4n) is 3.12. The average molecular weight is 261 g/mol. The van der Waals surface area contributed by atoms with E-state index in [-0.39, 0.29) is 29.8 Å². The van der Waals surface area contributed by atoms with Crippen molar-refractivity contribution < 1.29 is 13.2 Å². The highest BCUT2D eigenvalue weighted by molar-refractivity contribution is 7.91. The van der Waals surface area contributed by atoms with Gasteiger partial charge in [0.1, 0.15) is 0 Å². The highest BCUT2D eigenvalue weighted by atomic mass is 32.2. The van der Waals surface area contributed by atoms with Crippen LogP contribution in [-0.4, -0.2) is 38.2 Å². The minimum Gasteiger partial charge on any atom is -0.371 e. The van der Waals surface area contributed by atoms with Crippen molar-refractivity contribution in [3.05, 3.63) is 0 Å². The van der Waals surface area contributed by atoms with Gasteiger partial charge in [-0.25, -0.2) is 8.42 Å². The Kier molecular flexibility index (Phi) is 4.10. The van der Waals surface area contributed by atoms with Crippen LogP contribution in [0.4, 0.5) is 0 Å². The highest BCUT2D eigenvalue weighted by Crippen LogP contribution is 2.42. The standard InChI is InChI=1S/C12H23NO3S/c13-8-9-17(14,15)10-11-4-7-12(16-11)5-2-1-3-6-12/h11H,1-10,13H2. The minimum atomic E-state index is -3.02. The first-order valence-electron chi connectivity index (χ1n) is 6.64. The van der Waals surface area contributed by atoms with Crippen LogP contribution >= 0.6 is 0 Å². The lowest BCUT2D eigenvalue weighted by atomic mass is 9.83. The molecule has 1 heterocycles. The first kappa shape index (κ1) is 13.3. The van der Waals surface area contributed by atoms with Crippen molar-refractivity contribution in [1.29, 1.82) is 0 Å². The molecule has 0 bridgehead atoms. The van der Waals surface area contributed by atoms with Crippen molar-refractivity contribution >= 4 is 9.84 Å². The molecule has 4 nitrogen and oxygen atoms in total. The lowest BCUT2D eigenvalue weighted by Gasteiger charge is -2.33. The zero-order valence-corrected chi connectivity index (χ0v) is 11.2. The molecule has 0 radical (unpaired) electrons. The Morgan fingerprint density at radius 2 is 1.88 bits per heavy atom. The molecule has 1 aliphatic heterocycles. The third-order valence-corrected chi connectivity index (χ3v) is 5.71. The summed E-state index contributed by atoms with van der Waals surface area (Å²) in [6, 6.07) is 0. The van der Waals surface area contributed by atoms with Crippen LogP contribution < -0.4 is 5.73 Å². The summed E-state index contributed by atoms with van der Waals surface area (Å²) in [4.78, 5) is 0. The maximum atomic E-state index is 11.7. The van der Waals surface area contributed by atoms with E-state index < -0.39 is 9.84 Å². The van der Waals surface area contributed by atoms with Gasteiger partial charge in [0.05, 0.1) is 23.2 Å². The molecule has 1 saturated carbocycles. The first-order valence-corrected chi connectivity index (χ1v) is 8.46. The zero-order valence-electron chi connectivity index (χ0n) is 10.4. The topological polar surface area (TPSA) is 69.4 Å². The molecule has 2 aliphatic rings. The third kappa shape index (κ3) is 3.42. The van der Waals surface area contributed by atoms with E-state index in [0.717, 1.165) is 25.7 Å². The van der Waals surface area contributed by atoms with Gasteiger partial charge in [0, 0.05) is 6.54 Å². The SMILES string of the molecule is NCCS(=O)(=O)CC1CCC2(CCCCC2)O1. The van der Waals surface area contributed by atoms with Gasteiger partial charge in [-0.3, -0.25) is 0 Å². The predicted octanol–water partition coefficient (Wildman–Crippen LogP) is 1.24. The van der Waals surface area contributed by atoms with Gasteiger partial charge in [-0.15, -0.1) is 0 Å². The summed E-state index contributed by atoms with van der Waals surface area (Å²) in [5, 5.41) is 0. The van der Waals surface area contributed by atoms with Crippen LogP contribution in [0.2, 0.25) is 0 Å². The van der Waals surface area contributed by atoms with Crippen molar-refractivity contribution in [2.24, 2.45) is 5.73 Å². The molecular formula is C12H23NO3S. The molecule has 0 aromatic rings. The molecule has 100 valence electrons. The molecule has 5 heteroatoms. The summed E-state index contributed by atoms with van der Waals surface area (Å²) in [6.45, 7) is 0.209. The second-order valence-electron chi connectivity index (χ2n) is 5.43. The molecule has 1 atom stereocenters. The molecular weight excluding hydrogens is 238 g/mol. The molecule has 2 N–H and O–H groups in total. The zero-order chi connectivity index (χ0) is 12.4. The van der Waals surface area contributed by atoms with Gasteiger partial charge in [0.2, 0.25) is 0 Å². The lowest BCUT2D eigenvalue weighted by molar-refractivity contribution is -0.0559. The second kappa shape index (κ2) is 5.24. The van der Waals surface area contributed by atoms with E-state index in [2.05, 4.69) is 0 Å². The first-order chi connectivity index (χ1) is 8.05. The quantitative estimate of drug-likeness (QED) is 0.826. The Bertz CT molecular complexity index is 347. The molecule has 1 aliphatic carbocycles. The van der Waals surface area contributed by atoms with E-state index in [0.29, 0.717) is 0 Å². The van der Waals surface area contributed by atoms with Crippen LogP contribution in [-0.2, 0) is 14.6 Å². The Labute approximate surface area is 104 Å². The van der Waals surface area contributed by atoms with Crippen LogP contribution in [0, 0.1) is 0 Å².